The summed E-state index contributed by atoms with van der Waals surface area (Å²) in [5.74, 6) is 0.399. The van der Waals surface area contributed by atoms with E-state index in [0.29, 0.717) is 11.7 Å². The van der Waals surface area contributed by atoms with Crippen LogP contribution in [0.4, 0.5) is 5.13 Å². The smallest absolute Gasteiger partial charge is 0.240 e. The lowest BCUT2D eigenvalue weighted by Gasteiger charge is -2.31. The van der Waals surface area contributed by atoms with Crippen molar-refractivity contribution < 1.29 is 14.3 Å². The van der Waals surface area contributed by atoms with E-state index in [1.54, 1.807) is 7.11 Å². The maximum Gasteiger partial charge on any atom is 0.240 e. The number of hydrogen-bond acceptors (Lipinski definition) is 6. The minimum Gasteiger partial charge on any atom is -0.497 e. The first-order chi connectivity index (χ1) is 17.2. The molecule has 1 fully saturated rings. The Balaban J connectivity index is 1.53. The van der Waals surface area contributed by atoms with Gasteiger partial charge < -0.3 is 9.47 Å². The summed E-state index contributed by atoms with van der Waals surface area (Å²) in [6, 6.07) is 25.8. The van der Waals surface area contributed by atoms with E-state index in [9.17, 15) is 4.79 Å². The molecule has 5 rings (SSSR count). The standard InChI is InChI=1S/C28H29N3O3S/c1-33-23-12-13-24-25(20-23)35-28(29-24)31(15-14-30-16-18-34-19-17-30)27(32)26(21-8-4-2-5-9-21)22-10-6-3-7-11-22/h2-13,20,26H,14-19H2,1H3. The molecule has 3 aromatic carbocycles. The SMILES string of the molecule is COc1ccc2nc(N(CCN3CCOCC3)C(=O)C(c3ccccc3)c3ccccc3)sc2c1. The van der Waals surface area contributed by atoms with E-state index < -0.39 is 5.92 Å². The first-order valence-corrected chi connectivity index (χ1v) is 12.7. The van der Waals surface area contributed by atoms with Crippen LogP contribution < -0.4 is 9.64 Å². The fourth-order valence-electron chi connectivity index (χ4n) is 4.43. The highest BCUT2D eigenvalue weighted by molar-refractivity contribution is 7.22. The normalized spacial score (nSPS) is 14.3. The van der Waals surface area contributed by atoms with Crippen molar-refractivity contribution in [1.82, 2.24) is 9.88 Å². The maximum absolute atomic E-state index is 14.3. The van der Waals surface area contributed by atoms with Gasteiger partial charge in [-0.25, -0.2) is 4.98 Å². The Morgan fingerprint density at radius 1 is 1.03 bits per heavy atom. The third-order valence-corrected chi connectivity index (χ3v) is 7.38. The Labute approximate surface area is 209 Å². The average molecular weight is 488 g/mol. The van der Waals surface area contributed by atoms with Gasteiger partial charge in [-0.05, 0) is 29.3 Å². The van der Waals surface area contributed by atoms with Gasteiger partial charge in [0.1, 0.15) is 5.75 Å². The summed E-state index contributed by atoms with van der Waals surface area (Å²) in [7, 11) is 1.66. The summed E-state index contributed by atoms with van der Waals surface area (Å²) in [6.07, 6.45) is 0. The lowest BCUT2D eigenvalue weighted by atomic mass is 9.90. The Morgan fingerprint density at radius 3 is 2.31 bits per heavy atom. The molecule has 1 aliphatic heterocycles. The lowest BCUT2D eigenvalue weighted by molar-refractivity contribution is -0.119. The summed E-state index contributed by atoms with van der Waals surface area (Å²) in [4.78, 5) is 23.4. The molecule has 4 aromatic rings. The van der Waals surface area contributed by atoms with Crippen LogP contribution in [0.1, 0.15) is 17.0 Å². The minimum atomic E-state index is -0.413. The van der Waals surface area contributed by atoms with Crippen LogP contribution in [0.3, 0.4) is 0 Å². The highest BCUT2D eigenvalue weighted by Gasteiger charge is 2.30. The topological polar surface area (TPSA) is 54.9 Å². The van der Waals surface area contributed by atoms with Crippen LogP contribution in [0.15, 0.2) is 78.9 Å². The summed E-state index contributed by atoms with van der Waals surface area (Å²) in [5.41, 5.74) is 2.82. The molecule has 0 bridgehead atoms. The molecule has 0 radical (unpaired) electrons. The first kappa shape index (κ1) is 23.5. The van der Waals surface area contributed by atoms with Crippen molar-refractivity contribution >= 4 is 32.6 Å². The van der Waals surface area contributed by atoms with Crippen molar-refractivity contribution in [2.75, 3.05) is 51.4 Å². The Hall–Kier alpha value is -3.26. The quantitative estimate of drug-likeness (QED) is 0.357. The highest BCUT2D eigenvalue weighted by atomic mass is 32.1. The second-order valence-corrected chi connectivity index (χ2v) is 9.54. The van der Waals surface area contributed by atoms with E-state index in [-0.39, 0.29) is 5.91 Å². The maximum atomic E-state index is 14.3. The van der Waals surface area contributed by atoms with E-state index in [0.717, 1.165) is 59.9 Å². The molecule has 0 unspecified atom stereocenters. The number of thiazole rings is 1. The van der Waals surface area contributed by atoms with Crippen molar-refractivity contribution in [3.63, 3.8) is 0 Å². The number of rotatable bonds is 8. The van der Waals surface area contributed by atoms with Crippen LogP contribution in [0.5, 0.6) is 5.75 Å². The molecule has 1 aromatic heterocycles. The molecule has 0 N–H and O–H groups in total. The molecule has 1 amide bonds. The number of fused-ring (bicyclic) bond motifs is 1. The van der Waals surface area contributed by atoms with Gasteiger partial charge in [-0.1, -0.05) is 72.0 Å². The summed E-state index contributed by atoms with van der Waals surface area (Å²) in [6.45, 7) is 4.54. The van der Waals surface area contributed by atoms with E-state index in [2.05, 4.69) is 4.90 Å². The lowest BCUT2D eigenvalue weighted by Crippen LogP contribution is -2.44. The van der Waals surface area contributed by atoms with Crippen molar-refractivity contribution in [3.8, 4) is 5.75 Å². The zero-order chi connectivity index (χ0) is 24.0. The number of amides is 1. The van der Waals surface area contributed by atoms with Gasteiger partial charge in [0.15, 0.2) is 5.13 Å². The number of carbonyl (C=O) groups is 1. The predicted molar refractivity (Wildman–Crippen MR) is 141 cm³/mol. The van der Waals surface area contributed by atoms with E-state index >= 15 is 0 Å². The van der Waals surface area contributed by atoms with Crippen molar-refractivity contribution in [2.45, 2.75) is 5.92 Å². The summed E-state index contributed by atoms with van der Waals surface area (Å²) < 4.78 is 11.9. The van der Waals surface area contributed by atoms with Gasteiger partial charge >= 0.3 is 0 Å². The largest absolute Gasteiger partial charge is 0.497 e. The second-order valence-electron chi connectivity index (χ2n) is 8.53. The van der Waals surface area contributed by atoms with Gasteiger partial charge in [0.2, 0.25) is 5.91 Å². The number of hydrogen-bond donors (Lipinski definition) is 0. The van der Waals surface area contributed by atoms with E-state index in [1.807, 2.05) is 83.8 Å². The van der Waals surface area contributed by atoms with Crippen LogP contribution in [-0.2, 0) is 9.53 Å². The molecule has 6 nitrogen and oxygen atoms in total. The average Bonchev–Trinajstić information content (AvgIpc) is 3.34. The molecule has 7 heteroatoms. The second kappa shape index (κ2) is 11.0. The Kier molecular flexibility index (Phi) is 7.37. The summed E-state index contributed by atoms with van der Waals surface area (Å²) in [5, 5.41) is 0.711. The fraction of sp³-hybridized carbons (Fsp3) is 0.286. The van der Waals surface area contributed by atoms with Crippen molar-refractivity contribution in [1.29, 1.82) is 0 Å². The number of nitrogens with zero attached hydrogens (tertiary/aromatic N) is 3. The predicted octanol–water partition coefficient (Wildman–Crippen LogP) is 4.80. The molecule has 1 aliphatic rings. The molecule has 35 heavy (non-hydrogen) atoms. The number of ether oxygens (including phenoxy) is 2. The van der Waals surface area contributed by atoms with Gasteiger partial charge in [-0.2, -0.15) is 0 Å². The first-order valence-electron chi connectivity index (χ1n) is 11.9. The van der Waals surface area contributed by atoms with Gasteiger partial charge in [-0.3, -0.25) is 14.6 Å². The number of anilines is 1. The van der Waals surface area contributed by atoms with Crippen LogP contribution >= 0.6 is 11.3 Å². The van der Waals surface area contributed by atoms with Gasteiger partial charge in [-0.15, -0.1) is 0 Å². The molecule has 1 saturated heterocycles. The number of morpholine rings is 1. The molecular formula is C28H29N3O3S. The third-order valence-electron chi connectivity index (χ3n) is 6.34. The van der Waals surface area contributed by atoms with E-state index in [1.165, 1.54) is 11.3 Å². The van der Waals surface area contributed by atoms with Crippen molar-refractivity contribution in [2.24, 2.45) is 0 Å². The molecule has 0 spiro atoms. The van der Waals surface area contributed by atoms with Crippen LogP contribution in [-0.4, -0.2) is 62.3 Å². The number of methoxy groups -OCH3 is 1. The molecular weight excluding hydrogens is 458 g/mol. The fourth-order valence-corrected chi connectivity index (χ4v) is 5.45. The van der Waals surface area contributed by atoms with Gasteiger partial charge in [0.05, 0.1) is 36.5 Å². The zero-order valence-electron chi connectivity index (χ0n) is 19.8. The molecule has 2 heterocycles. The van der Waals surface area contributed by atoms with Crippen LogP contribution in [0, 0.1) is 0 Å². The molecule has 180 valence electrons. The van der Waals surface area contributed by atoms with Crippen molar-refractivity contribution in [3.05, 3.63) is 90.0 Å². The molecule has 0 aliphatic carbocycles. The monoisotopic (exact) mass is 487 g/mol. The zero-order valence-corrected chi connectivity index (χ0v) is 20.6. The molecule has 0 saturated carbocycles. The van der Waals surface area contributed by atoms with E-state index in [4.69, 9.17) is 14.5 Å². The van der Waals surface area contributed by atoms with Gasteiger partial charge in [0.25, 0.3) is 0 Å². The molecule has 0 atom stereocenters. The third kappa shape index (κ3) is 5.37. The Bertz CT molecular complexity index is 1220. The van der Waals surface area contributed by atoms with Crippen LogP contribution in [0.2, 0.25) is 0 Å². The van der Waals surface area contributed by atoms with Crippen LogP contribution in [0.25, 0.3) is 10.2 Å². The number of aromatic nitrogens is 1. The minimum absolute atomic E-state index is 0.0293. The van der Waals surface area contributed by atoms with Gasteiger partial charge in [0, 0.05) is 26.2 Å². The summed E-state index contributed by atoms with van der Waals surface area (Å²) >= 11 is 1.53. The Morgan fingerprint density at radius 2 is 1.69 bits per heavy atom. The highest BCUT2D eigenvalue weighted by Crippen LogP contribution is 2.35. The number of benzene rings is 3. The number of carbonyl (C=O) groups excluding carboxylic acids is 1.